The molecule has 0 N–H and O–H groups in total. The first-order valence-corrected chi connectivity index (χ1v) is 6.75. The molecule has 2 aromatic rings. The van der Waals surface area contributed by atoms with Crippen molar-refractivity contribution in [3.8, 4) is 0 Å². The van der Waals surface area contributed by atoms with Crippen molar-refractivity contribution >= 4 is 5.97 Å². The van der Waals surface area contributed by atoms with Crippen LogP contribution in [0.25, 0.3) is 0 Å². The van der Waals surface area contributed by atoms with E-state index in [1.807, 2.05) is 0 Å². The van der Waals surface area contributed by atoms with Gasteiger partial charge in [-0.2, -0.15) is 0 Å². The van der Waals surface area contributed by atoms with Gasteiger partial charge in [-0.15, -0.1) is 0 Å². The Labute approximate surface area is 123 Å². The summed E-state index contributed by atoms with van der Waals surface area (Å²) in [5.41, 5.74) is -0.273. The molecule has 3 nitrogen and oxygen atoms in total. The van der Waals surface area contributed by atoms with E-state index in [0.717, 1.165) is 0 Å². The predicted octanol–water partition coefficient (Wildman–Crippen LogP) is 4.27. The largest absolute Gasteiger partial charge is 0.472 e. The molecule has 21 heavy (non-hydrogen) atoms. The third kappa shape index (κ3) is 3.15. The summed E-state index contributed by atoms with van der Waals surface area (Å²) in [6.45, 7) is 7.14. The molecule has 1 aromatic heterocycles. The topological polar surface area (TPSA) is 39.4 Å². The normalized spacial score (nSPS) is 14.5. The summed E-state index contributed by atoms with van der Waals surface area (Å²) in [5.74, 6) is -0.675. The van der Waals surface area contributed by atoms with Gasteiger partial charge in [0.25, 0.3) is 0 Å². The molecule has 4 heteroatoms. The molecule has 0 saturated carbocycles. The molecule has 0 spiro atoms. The predicted molar refractivity (Wildman–Crippen MR) is 77.1 cm³/mol. The zero-order valence-corrected chi connectivity index (χ0v) is 12.6. The molecule has 112 valence electrons. The van der Waals surface area contributed by atoms with Crippen molar-refractivity contribution in [2.75, 3.05) is 0 Å². The molecule has 1 aromatic carbocycles. The molecule has 0 aliphatic rings. The van der Waals surface area contributed by atoms with Crippen LogP contribution in [0.15, 0.2) is 47.3 Å². The zero-order chi connectivity index (χ0) is 15.7. The molecule has 0 fully saturated rings. The lowest BCUT2D eigenvalue weighted by molar-refractivity contribution is -0.165. The summed E-state index contributed by atoms with van der Waals surface area (Å²) in [6.07, 6.45) is 3.04. The van der Waals surface area contributed by atoms with Gasteiger partial charge in [0, 0.05) is 11.1 Å². The van der Waals surface area contributed by atoms with Crippen LogP contribution in [0.5, 0.6) is 0 Å². The Kier molecular flexibility index (Phi) is 3.90. The van der Waals surface area contributed by atoms with Gasteiger partial charge in [-0.05, 0) is 45.9 Å². The average molecular weight is 290 g/mol. The molecule has 0 aliphatic carbocycles. The summed E-state index contributed by atoms with van der Waals surface area (Å²) in [7, 11) is 0. The number of hydrogen-bond donors (Lipinski definition) is 0. The van der Waals surface area contributed by atoms with Gasteiger partial charge in [-0.3, -0.25) is 4.79 Å². The van der Waals surface area contributed by atoms with E-state index in [1.54, 1.807) is 45.9 Å². The van der Waals surface area contributed by atoms with Gasteiger partial charge in [0.1, 0.15) is 5.82 Å². The van der Waals surface area contributed by atoms with Gasteiger partial charge in [0.05, 0.1) is 17.9 Å². The highest BCUT2D eigenvalue weighted by atomic mass is 19.1. The van der Waals surface area contributed by atoms with Crippen molar-refractivity contribution in [1.29, 1.82) is 0 Å². The molecule has 0 amide bonds. The fourth-order valence-electron chi connectivity index (χ4n) is 1.93. The lowest BCUT2D eigenvalue weighted by Gasteiger charge is -2.32. The van der Waals surface area contributed by atoms with E-state index in [1.165, 1.54) is 24.7 Å². The zero-order valence-electron chi connectivity index (χ0n) is 12.6. The fourth-order valence-corrected chi connectivity index (χ4v) is 1.93. The molecule has 0 bridgehead atoms. The second kappa shape index (κ2) is 5.35. The monoisotopic (exact) mass is 290 g/mol. The lowest BCUT2D eigenvalue weighted by atomic mass is 9.88. The van der Waals surface area contributed by atoms with Crippen LogP contribution in [-0.2, 0) is 15.1 Å². The first kappa shape index (κ1) is 15.3. The number of ether oxygens (including phenoxy) is 1. The minimum Gasteiger partial charge on any atom is -0.472 e. The van der Waals surface area contributed by atoms with Gasteiger partial charge in [0.15, 0.2) is 5.60 Å². The quantitative estimate of drug-likeness (QED) is 0.792. The molecule has 2 rings (SSSR count). The Balaban J connectivity index is 2.45. The first-order valence-electron chi connectivity index (χ1n) is 6.75. The number of furan rings is 1. The van der Waals surface area contributed by atoms with Crippen LogP contribution in [0.4, 0.5) is 4.39 Å². The standard InChI is InChI=1S/C17H19FO3/c1-16(2,3)15(19)21-17(4,13-9-10-20-11-13)12-5-7-14(18)8-6-12/h5-11H,1-4H3. The van der Waals surface area contributed by atoms with Crippen molar-refractivity contribution in [1.82, 2.24) is 0 Å². The summed E-state index contributed by atoms with van der Waals surface area (Å²) in [5, 5.41) is 0. The van der Waals surface area contributed by atoms with Crippen LogP contribution >= 0.6 is 0 Å². The number of esters is 1. The Morgan fingerprint density at radius 1 is 1.05 bits per heavy atom. The third-order valence-corrected chi connectivity index (χ3v) is 3.38. The summed E-state index contributed by atoms with van der Waals surface area (Å²) in [6, 6.07) is 7.65. The molecular formula is C17H19FO3. The van der Waals surface area contributed by atoms with Crippen LogP contribution in [-0.4, -0.2) is 5.97 Å². The number of carbonyl (C=O) groups is 1. The van der Waals surface area contributed by atoms with Crippen molar-refractivity contribution in [2.24, 2.45) is 5.41 Å². The van der Waals surface area contributed by atoms with Gasteiger partial charge in [-0.25, -0.2) is 4.39 Å². The maximum Gasteiger partial charge on any atom is 0.312 e. The summed E-state index contributed by atoms with van der Waals surface area (Å²) >= 11 is 0. The number of benzene rings is 1. The van der Waals surface area contributed by atoms with E-state index in [2.05, 4.69) is 0 Å². The number of hydrogen-bond acceptors (Lipinski definition) is 3. The van der Waals surface area contributed by atoms with Gasteiger partial charge in [-0.1, -0.05) is 12.1 Å². The maximum atomic E-state index is 13.1. The second-order valence-electron chi connectivity index (χ2n) is 6.19. The molecule has 0 radical (unpaired) electrons. The van der Waals surface area contributed by atoms with Crippen molar-refractivity contribution in [2.45, 2.75) is 33.3 Å². The highest BCUT2D eigenvalue weighted by molar-refractivity contribution is 5.76. The maximum absolute atomic E-state index is 13.1. The van der Waals surface area contributed by atoms with E-state index in [4.69, 9.17) is 9.15 Å². The van der Waals surface area contributed by atoms with Gasteiger partial charge >= 0.3 is 5.97 Å². The lowest BCUT2D eigenvalue weighted by Crippen LogP contribution is -2.35. The van der Waals surface area contributed by atoms with E-state index < -0.39 is 11.0 Å². The highest BCUT2D eigenvalue weighted by Crippen LogP contribution is 2.36. The Bertz CT molecular complexity index is 608. The Hall–Kier alpha value is -2.10. The smallest absolute Gasteiger partial charge is 0.312 e. The third-order valence-electron chi connectivity index (χ3n) is 3.38. The van der Waals surface area contributed by atoms with Crippen LogP contribution < -0.4 is 0 Å². The van der Waals surface area contributed by atoms with Crippen LogP contribution in [0.2, 0.25) is 0 Å². The van der Waals surface area contributed by atoms with E-state index in [9.17, 15) is 9.18 Å². The number of carbonyl (C=O) groups excluding carboxylic acids is 1. The van der Waals surface area contributed by atoms with E-state index in [0.29, 0.717) is 11.1 Å². The van der Waals surface area contributed by atoms with Crippen molar-refractivity contribution in [3.63, 3.8) is 0 Å². The number of rotatable bonds is 3. The van der Waals surface area contributed by atoms with Crippen LogP contribution in [0.3, 0.4) is 0 Å². The van der Waals surface area contributed by atoms with Crippen LogP contribution in [0.1, 0.15) is 38.8 Å². The minimum absolute atomic E-state index is 0.337. The molecule has 1 atom stereocenters. The first-order chi connectivity index (χ1) is 9.73. The summed E-state index contributed by atoms with van der Waals surface area (Å²) in [4.78, 5) is 12.3. The molecule has 1 unspecified atom stereocenters. The van der Waals surface area contributed by atoms with E-state index in [-0.39, 0.29) is 11.8 Å². The summed E-state index contributed by atoms with van der Waals surface area (Å²) < 4.78 is 24.0. The molecule has 0 aliphatic heterocycles. The SMILES string of the molecule is CC(C)(C)C(=O)OC(C)(c1ccc(F)cc1)c1ccoc1. The van der Waals surface area contributed by atoms with Gasteiger partial charge in [0.2, 0.25) is 0 Å². The fraction of sp³-hybridized carbons (Fsp3) is 0.353. The second-order valence-corrected chi connectivity index (χ2v) is 6.19. The van der Waals surface area contributed by atoms with Crippen LogP contribution in [0, 0.1) is 11.2 Å². The van der Waals surface area contributed by atoms with Crippen molar-refractivity contribution in [3.05, 3.63) is 59.8 Å². The Morgan fingerprint density at radius 2 is 1.67 bits per heavy atom. The van der Waals surface area contributed by atoms with Gasteiger partial charge < -0.3 is 9.15 Å². The minimum atomic E-state index is -1.02. The number of halogens is 1. The molecule has 1 heterocycles. The molecular weight excluding hydrogens is 271 g/mol. The average Bonchev–Trinajstić information content (AvgIpc) is 2.92. The van der Waals surface area contributed by atoms with Crippen molar-refractivity contribution < 1.29 is 18.3 Å². The van der Waals surface area contributed by atoms with E-state index >= 15 is 0 Å². The molecule has 0 saturated heterocycles. The Morgan fingerprint density at radius 3 is 2.14 bits per heavy atom. The highest BCUT2D eigenvalue weighted by Gasteiger charge is 2.37.